The first kappa shape index (κ1) is 32.3. The molecule has 13 rings (SSSR count). The Hall–Kier alpha value is -6.76. The minimum absolute atomic E-state index is 0.0795. The highest BCUT2D eigenvalue weighted by atomic mass is 32.1. The zero-order valence-electron chi connectivity index (χ0n) is 32.2. The van der Waals surface area contributed by atoms with Gasteiger partial charge in [0.05, 0.1) is 5.52 Å². The van der Waals surface area contributed by atoms with Crippen molar-refractivity contribution in [2.75, 3.05) is 5.32 Å². The zero-order valence-corrected chi connectivity index (χ0v) is 33.1. The number of benzene rings is 8. The van der Waals surface area contributed by atoms with Crippen LogP contribution in [0.4, 0.5) is 11.4 Å². The SMILES string of the molecule is CC(C)(C)c1ccc(Nc2cc3sc4ccccc4c3cc2-c2ccc3c4cc5oc6ccccc6c5cc4n4c3c2Bc2cc3oc5ccccc5c3cc2-4)cc1. The van der Waals surface area contributed by atoms with Gasteiger partial charge in [-0.15, -0.1) is 11.3 Å². The van der Waals surface area contributed by atoms with Gasteiger partial charge in [-0.25, -0.2) is 0 Å². The van der Waals surface area contributed by atoms with Gasteiger partial charge in [0, 0.05) is 80.6 Å². The Morgan fingerprint density at radius 3 is 1.98 bits per heavy atom. The Balaban J connectivity index is 1.12. The van der Waals surface area contributed by atoms with Gasteiger partial charge in [0.25, 0.3) is 0 Å². The van der Waals surface area contributed by atoms with Crippen molar-refractivity contribution >= 4 is 127 Å². The molecular weight excluding hydrogens is 727 g/mol. The predicted molar refractivity (Wildman–Crippen MR) is 249 cm³/mol. The molecule has 0 saturated carbocycles. The van der Waals surface area contributed by atoms with E-state index in [0.29, 0.717) is 0 Å². The maximum absolute atomic E-state index is 6.52. The molecule has 0 amide bonds. The first-order valence-electron chi connectivity index (χ1n) is 20.0. The molecule has 4 aromatic heterocycles. The largest absolute Gasteiger partial charge is 0.456 e. The highest BCUT2D eigenvalue weighted by Crippen LogP contribution is 2.44. The Labute approximate surface area is 338 Å². The molecule has 0 fully saturated rings. The molecule has 1 N–H and O–H groups in total. The standard InChI is InChI=1S/C52H35BN2O2S/c1-52(2,3)28-16-18-29(19-17-28)54-41-27-49-39(32-12-6-9-15-48(32)58-49)22-35(41)33-20-21-34-36-25-46-37(30-10-4-7-13-44(30)56-46)23-42(36)55-43-24-38-31-11-5-8-14-45(31)57-47(38)26-40(43)53-50(33)51(34)55/h4-27,53-54H,1-3H3. The fourth-order valence-corrected chi connectivity index (χ4v) is 10.8. The van der Waals surface area contributed by atoms with Crippen LogP contribution in [0.5, 0.6) is 0 Å². The third-order valence-corrected chi connectivity index (χ3v) is 13.7. The van der Waals surface area contributed by atoms with Gasteiger partial charge in [-0.1, -0.05) is 105 Å². The Bertz CT molecular complexity index is 3720. The first-order chi connectivity index (χ1) is 28.3. The van der Waals surface area contributed by atoms with E-state index in [1.165, 1.54) is 75.3 Å². The number of hydrogen-bond acceptors (Lipinski definition) is 4. The molecule has 4 nitrogen and oxygen atoms in total. The smallest absolute Gasteiger partial charge is 0.198 e. The monoisotopic (exact) mass is 762 g/mol. The fraction of sp³-hybridized carbons (Fsp3) is 0.0769. The summed E-state index contributed by atoms with van der Waals surface area (Å²) in [4.78, 5) is 0. The van der Waals surface area contributed by atoms with Gasteiger partial charge in [-0.05, 0) is 88.7 Å². The molecule has 12 aromatic rings. The van der Waals surface area contributed by atoms with E-state index in [0.717, 1.165) is 62.5 Å². The molecule has 0 bridgehead atoms. The van der Waals surface area contributed by atoms with Gasteiger partial charge in [0.2, 0.25) is 0 Å². The lowest BCUT2D eigenvalue weighted by molar-refractivity contribution is 0.590. The Kier molecular flexibility index (Phi) is 6.37. The van der Waals surface area contributed by atoms with Crippen molar-refractivity contribution in [3.63, 3.8) is 0 Å². The molecule has 0 spiro atoms. The molecule has 58 heavy (non-hydrogen) atoms. The number of anilines is 2. The van der Waals surface area contributed by atoms with E-state index in [-0.39, 0.29) is 5.41 Å². The highest BCUT2D eigenvalue weighted by molar-refractivity contribution is 7.25. The van der Waals surface area contributed by atoms with Gasteiger partial charge in [0.15, 0.2) is 7.28 Å². The number of nitrogens with zero attached hydrogens (tertiary/aromatic N) is 1. The molecule has 8 aromatic carbocycles. The van der Waals surface area contributed by atoms with Crippen molar-refractivity contribution in [2.24, 2.45) is 0 Å². The molecule has 1 aliphatic heterocycles. The average Bonchev–Trinajstić information content (AvgIpc) is 3.98. The topological polar surface area (TPSA) is 43.2 Å². The van der Waals surface area contributed by atoms with E-state index in [9.17, 15) is 0 Å². The normalized spacial score (nSPS) is 12.9. The number of thiophene rings is 1. The van der Waals surface area contributed by atoms with Crippen LogP contribution in [-0.2, 0) is 5.41 Å². The predicted octanol–water partition coefficient (Wildman–Crippen LogP) is 13.4. The number of furan rings is 2. The molecule has 5 heterocycles. The molecule has 1 aliphatic rings. The summed E-state index contributed by atoms with van der Waals surface area (Å²) in [5.41, 5.74) is 15.8. The minimum atomic E-state index is 0.0795. The fourth-order valence-electron chi connectivity index (χ4n) is 9.72. The quantitative estimate of drug-likeness (QED) is 0.182. The van der Waals surface area contributed by atoms with E-state index >= 15 is 0 Å². The van der Waals surface area contributed by atoms with Gasteiger partial charge in [0.1, 0.15) is 22.3 Å². The van der Waals surface area contributed by atoms with Crippen LogP contribution in [0, 0.1) is 0 Å². The maximum atomic E-state index is 6.52. The first-order valence-corrected chi connectivity index (χ1v) is 20.8. The van der Waals surface area contributed by atoms with Crippen molar-refractivity contribution in [1.29, 1.82) is 0 Å². The Morgan fingerprint density at radius 1 is 0.534 bits per heavy atom. The van der Waals surface area contributed by atoms with Gasteiger partial charge in [-0.3, -0.25) is 0 Å². The lowest BCUT2D eigenvalue weighted by Crippen LogP contribution is -2.37. The van der Waals surface area contributed by atoms with Crippen LogP contribution in [-0.4, -0.2) is 11.8 Å². The van der Waals surface area contributed by atoms with Crippen LogP contribution in [0.3, 0.4) is 0 Å². The number of rotatable bonds is 3. The average molecular weight is 763 g/mol. The van der Waals surface area contributed by atoms with Crippen LogP contribution in [0.15, 0.2) is 154 Å². The third-order valence-electron chi connectivity index (χ3n) is 12.6. The van der Waals surface area contributed by atoms with E-state index in [1.807, 2.05) is 23.5 Å². The van der Waals surface area contributed by atoms with Crippen LogP contribution < -0.4 is 16.2 Å². The third kappa shape index (κ3) is 4.52. The highest BCUT2D eigenvalue weighted by Gasteiger charge is 2.29. The zero-order chi connectivity index (χ0) is 38.4. The van der Waals surface area contributed by atoms with E-state index < -0.39 is 0 Å². The Morgan fingerprint density at radius 2 is 1.22 bits per heavy atom. The second-order valence-electron chi connectivity index (χ2n) is 17.0. The van der Waals surface area contributed by atoms with Crippen LogP contribution >= 0.6 is 11.3 Å². The molecule has 0 aliphatic carbocycles. The van der Waals surface area contributed by atoms with Crippen LogP contribution in [0.1, 0.15) is 26.3 Å². The van der Waals surface area contributed by atoms with Crippen LogP contribution in [0.25, 0.3) is 103 Å². The molecule has 0 atom stereocenters. The maximum Gasteiger partial charge on any atom is 0.198 e. The second kappa shape index (κ2) is 11.4. The van der Waals surface area contributed by atoms with Gasteiger partial charge < -0.3 is 18.7 Å². The number of para-hydroxylation sites is 2. The number of hydrogen-bond donors (Lipinski definition) is 1. The molecular formula is C52H35BN2O2S. The lowest BCUT2D eigenvalue weighted by atomic mass is 9.59. The molecule has 0 saturated heterocycles. The summed E-state index contributed by atoms with van der Waals surface area (Å²) in [7, 11) is 0.770. The summed E-state index contributed by atoms with van der Waals surface area (Å²) < 4.78 is 18.1. The van der Waals surface area contributed by atoms with Crippen molar-refractivity contribution in [2.45, 2.75) is 26.2 Å². The van der Waals surface area contributed by atoms with Crippen molar-refractivity contribution in [3.8, 4) is 16.8 Å². The van der Waals surface area contributed by atoms with Crippen molar-refractivity contribution in [3.05, 3.63) is 151 Å². The lowest BCUT2D eigenvalue weighted by Gasteiger charge is -2.24. The summed E-state index contributed by atoms with van der Waals surface area (Å²) in [6.07, 6.45) is 0. The molecule has 6 heteroatoms. The van der Waals surface area contributed by atoms with E-state index in [1.54, 1.807) is 0 Å². The molecule has 0 radical (unpaired) electrons. The van der Waals surface area contributed by atoms with Gasteiger partial charge in [-0.2, -0.15) is 0 Å². The van der Waals surface area contributed by atoms with Crippen molar-refractivity contribution in [1.82, 2.24) is 4.57 Å². The summed E-state index contributed by atoms with van der Waals surface area (Å²) >= 11 is 1.86. The summed E-state index contributed by atoms with van der Waals surface area (Å²) in [6, 6.07) is 53.3. The minimum Gasteiger partial charge on any atom is -0.456 e. The summed E-state index contributed by atoms with van der Waals surface area (Å²) in [5.74, 6) is 0. The van der Waals surface area contributed by atoms with E-state index in [4.69, 9.17) is 8.83 Å². The van der Waals surface area contributed by atoms with E-state index in [2.05, 4.69) is 164 Å². The van der Waals surface area contributed by atoms with Crippen molar-refractivity contribution < 1.29 is 8.83 Å². The number of fused-ring (bicyclic) bond motifs is 14. The number of nitrogens with one attached hydrogen (secondary N) is 1. The molecule has 0 unspecified atom stereocenters. The second-order valence-corrected chi connectivity index (χ2v) is 18.1. The summed E-state index contributed by atoms with van der Waals surface area (Å²) in [5, 5.41) is 13.4. The van der Waals surface area contributed by atoms with Gasteiger partial charge >= 0.3 is 0 Å². The molecule has 274 valence electrons. The van der Waals surface area contributed by atoms with Crippen LogP contribution in [0.2, 0.25) is 0 Å². The number of aromatic nitrogens is 1. The summed E-state index contributed by atoms with van der Waals surface area (Å²) in [6.45, 7) is 6.79.